The molecule has 158 valence electrons. The predicted molar refractivity (Wildman–Crippen MR) is 120 cm³/mol. The average Bonchev–Trinajstić information content (AvgIpc) is 2.93. The molecule has 27 heavy (non-hydrogen) atoms. The molecule has 0 spiro atoms. The van der Waals surface area contributed by atoms with Gasteiger partial charge in [0.2, 0.25) is 0 Å². The van der Waals surface area contributed by atoms with Crippen LogP contribution in [0.3, 0.4) is 0 Å². The molecule has 0 atom stereocenters. The fourth-order valence-electron chi connectivity index (χ4n) is 3.79. The van der Waals surface area contributed by atoms with E-state index < -0.39 is 0 Å². The molecule has 2 aliphatic rings. The van der Waals surface area contributed by atoms with Crippen molar-refractivity contribution in [2.24, 2.45) is 10.9 Å². The van der Waals surface area contributed by atoms with Crippen LogP contribution in [0.5, 0.6) is 0 Å². The molecule has 0 amide bonds. The van der Waals surface area contributed by atoms with Crippen molar-refractivity contribution >= 4 is 35.9 Å². The summed E-state index contributed by atoms with van der Waals surface area (Å²) < 4.78 is 11.2. The molecule has 6 nitrogen and oxygen atoms in total. The number of piperidine rings is 1. The van der Waals surface area contributed by atoms with Crippen molar-refractivity contribution in [2.45, 2.75) is 71.3 Å². The second-order valence-electron chi connectivity index (χ2n) is 7.23. The second kappa shape index (κ2) is 14.4. The molecule has 0 aromatic heterocycles. The van der Waals surface area contributed by atoms with Crippen LogP contribution in [-0.4, -0.2) is 62.3 Å². The maximum absolute atomic E-state index is 11.9. The second-order valence-corrected chi connectivity index (χ2v) is 7.23. The van der Waals surface area contributed by atoms with Crippen LogP contribution in [0.15, 0.2) is 4.99 Å². The van der Waals surface area contributed by atoms with E-state index in [2.05, 4.69) is 17.1 Å². The van der Waals surface area contributed by atoms with Crippen LogP contribution in [0.2, 0.25) is 0 Å². The minimum Gasteiger partial charge on any atom is -0.466 e. The number of guanidine groups is 1. The van der Waals surface area contributed by atoms with Gasteiger partial charge in [0.25, 0.3) is 0 Å². The Morgan fingerprint density at radius 3 is 2.33 bits per heavy atom. The van der Waals surface area contributed by atoms with Crippen LogP contribution in [0.1, 0.15) is 65.2 Å². The van der Waals surface area contributed by atoms with E-state index in [1.165, 1.54) is 38.5 Å². The Bertz CT molecular complexity index is 432. The first kappa shape index (κ1) is 24.5. The van der Waals surface area contributed by atoms with Gasteiger partial charge in [0.05, 0.1) is 31.8 Å². The average molecular weight is 495 g/mol. The van der Waals surface area contributed by atoms with Gasteiger partial charge in [-0.05, 0) is 39.5 Å². The Morgan fingerprint density at radius 1 is 1.07 bits per heavy atom. The number of carbonyl (C=O) groups excluding carboxylic acids is 1. The highest BCUT2D eigenvalue weighted by atomic mass is 127. The third kappa shape index (κ3) is 8.98. The van der Waals surface area contributed by atoms with Crippen molar-refractivity contribution in [2.75, 3.05) is 39.4 Å². The van der Waals surface area contributed by atoms with Crippen molar-refractivity contribution < 1.29 is 14.3 Å². The summed E-state index contributed by atoms with van der Waals surface area (Å²) in [4.78, 5) is 18.9. The third-order valence-corrected chi connectivity index (χ3v) is 5.26. The molecule has 1 heterocycles. The molecule has 0 aromatic carbocycles. The highest BCUT2D eigenvalue weighted by molar-refractivity contribution is 14.0. The Hall–Kier alpha value is -0.570. The number of aliphatic imine (C=N–C) groups is 1. The number of likely N-dealkylation sites (tertiary alicyclic amines) is 1. The molecule has 1 saturated heterocycles. The number of rotatable bonds is 7. The lowest BCUT2D eigenvalue weighted by molar-refractivity contribution is -0.149. The topological polar surface area (TPSA) is 63.2 Å². The summed E-state index contributed by atoms with van der Waals surface area (Å²) in [5, 5.41) is 3.37. The van der Waals surface area contributed by atoms with Crippen molar-refractivity contribution in [3.05, 3.63) is 0 Å². The van der Waals surface area contributed by atoms with Gasteiger partial charge in [-0.3, -0.25) is 9.79 Å². The van der Waals surface area contributed by atoms with E-state index in [1.54, 1.807) is 0 Å². The fraction of sp³-hybridized carbons (Fsp3) is 0.900. The summed E-state index contributed by atoms with van der Waals surface area (Å²) >= 11 is 0. The SMILES string of the molecule is CCNC(=NCCOC1CCCCCC1)N1CCC(C(=O)OCC)CC1.I. The van der Waals surface area contributed by atoms with Gasteiger partial charge in [0, 0.05) is 19.6 Å². The maximum atomic E-state index is 11.9. The first-order valence-corrected chi connectivity index (χ1v) is 10.6. The lowest BCUT2D eigenvalue weighted by atomic mass is 9.97. The van der Waals surface area contributed by atoms with Gasteiger partial charge >= 0.3 is 5.97 Å². The van der Waals surface area contributed by atoms with Crippen LogP contribution in [0, 0.1) is 5.92 Å². The molecule has 1 aliphatic carbocycles. The summed E-state index contributed by atoms with van der Waals surface area (Å²) in [6.45, 7) is 8.33. The van der Waals surface area contributed by atoms with Gasteiger partial charge in [0.1, 0.15) is 0 Å². The van der Waals surface area contributed by atoms with E-state index in [0.29, 0.717) is 25.9 Å². The Morgan fingerprint density at radius 2 is 1.74 bits per heavy atom. The standard InChI is InChI=1S/C20H37N3O3.HI/c1-3-21-20(22-13-16-26-18-9-7-5-6-8-10-18)23-14-11-17(12-15-23)19(24)25-4-2;/h17-18H,3-16H2,1-2H3,(H,21,22);1H. The highest BCUT2D eigenvalue weighted by Gasteiger charge is 2.27. The van der Waals surface area contributed by atoms with Crippen molar-refractivity contribution in [1.29, 1.82) is 0 Å². The molecule has 0 bridgehead atoms. The van der Waals surface area contributed by atoms with Crippen molar-refractivity contribution in [3.63, 3.8) is 0 Å². The molecular formula is C20H38IN3O3. The molecule has 1 saturated carbocycles. The molecule has 2 rings (SSSR count). The molecule has 0 unspecified atom stereocenters. The van der Waals surface area contributed by atoms with Crippen LogP contribution < -0.4 is 5.32 Å². The summed E-state index contributed by atoms with van der Waals surface area (Å²) in [6, 6.07) is 0. The molecule has 2 fully saturated rings. The molecule has 1 aliphatic heterocycles. The quantitative estimate of drug-likeness (QED) is 0.146. The number of halogens is 1. The van der Waals surface area contributed by atoms with E-state index in [-0.39, 0.29) is 35.9 Å². The number of nitrogens with one attached hydrogen (secondary N) is 1. The minimum absolute atomic E-state index is 0. The van der Waals surface area contributed by atoms with Gasteiger partial charge in [-0.1, -0.05) is 25.7 Å². The van der Waals surface area contributed by atoms with E-state index >= 15 is 0 Å². The number of esters is 1. The normalized spacial score (nSPS) is 19.9. The molecule has 7 heteroatoms. The first-order valence-electron chi connectivity index (χ1n) is 10.6. The smallest absolute Gasteiger partial charge is 0.309 e. The van der Waals surface area contributed by atoms with E-state index in [9.17, 15) is 4.79 Å². The number of hydrogen-bond donors (Lipinski definition) is 1. The molecule has 1 N–H and O–H groups in total. The van der Waals surface area contributed by atoms with E-state index in [4.69, 9.17) is 14.5 Å². The van der Waals surface area contributed by atoms with Crippen LogP contribution in [0.25, 0.3) is 0 Å². The van der Waals surface area contributed by atoms with Gasteiger partial charge in [0.15, 0.2) is 5.96 Å². The number of nitrogens with zero attached hydrogens (tertiary/aromatic N) is 2. The summed E-state index contributed by atoms with van der Waals surface area (Å²) in [5.41, 5.74) is 0. The van der Waals surface area contributed by atoms with E-state index in [1.807, 2.05) is 6.92 Å². The predicted octanol–water partition coefficient (Wildman–Crippen LogP) is 3.58. The fourth-order valence-corrected chi connectivity index (χ4v) is 3.79. The summed E-state index contributed by atoms with van der Waals surface area (Å²) in [5.74, 6) is 0.929. The highest BCUT2D eigenvalue weighted by Crippen LogP contribution is 2.20. The lowest BCUT2D eigenvalue weighted by Crippen LogP contribution is -2.46. The van der Waals surface area contributed by atoms with Gasteiger partial charge in [-0.2, -0.15) is 0 Å². The summed E-state index contributed by atoms with van der Waals surface area (Å²) in [7, 11) is 0. The number of ether oxygens (including phenoxy) is 2. The zero-order valence-corrected chi connectivity index (χ0v) is 19.4. The minimum atomic E-state index is -0.0501. The zero-order chi connectivity index (χ0) is 18.6. The van der Waals surface area contributed by atoms with Crippen LogP contribution >= 0.6 is 24.0 Å². The Kier molecular flexibility index (Phi) is 13.1. The number of carbonyl (C=O) groups is 1. The monoisotopic (exact) mass is 495 g/mol. The van der Waals surface area contributed by atoms with Crippen LogP contribution in [-0.2, 0) is 14.3 Å². The molecular weight excluding hydrogens is 457 g/mol. The lowest BCUT2D eigenvalue weighted by Gasteiger charge is -2.33. The largest absolute Gasteiger partial charge is 0.466 e. The van der Waals surface area contributed by atoms with Crippen molar-refractivity contribution in [3.8, 4) is 0 Å². The molecule has 0 radical (unpaired) electrons. The zero-order valence-electron chi connectivity index (χ0n) is 17.1. The first-order chi connectivity index (χ1) is 12.7. The van der Waals surface area contributed by atoms with Crippen molar-refractivity contribution in [1.82, 2.24) is 10.2 Å². The van der Waals surface area contributed by atoms with Gasteiger partial charge < -0.3 is 19.7 Å². The Balaban J connectivity index is 0.00000364. The van der Waals surface area contributed by atoms with Crippen LogP contribution in [0.4, 0.5) is 0 Å². The summed E-state index contributed by atoms with van der Waals surface area (Å²) in [6.07, 6.45) is 9.79. The van der Waals surface area contributed by atoms with E-state index in [0.717, 1.165) is 38.4 Å². The third-order valence-electron chi connectivity index (χ3n) is 5.26. The van der Waals surface area contributed by atoms with Gasteiger partial charge in [-0.15, -0.1) is 24.0 Å². The molecule has 0 aromatic rings. The van der Waals surface area contributed by atoms with Gasteiger partial charge in [-0.25, -0.2) is 0 Å². The maximum Gasteiger partial charge on any atom is 0.309 e. The number of hydrogen-bond acceptors (Lipinski definition) is 4. The Labute approximate surface area is 181 Å².